The average Bonchev–Trinajstić information content (AvgIpc) is 2.72. The Morgan fingerprint density at radius 1 is 1.26 bits per heavy atom. The molecule has 0 atom stereocenters. The van der Waals surface area contributed by atoms with Crippen molar-refractivity contribution in [3.8, 4) is 0 Å². The van der Waals surface area contributed by atoms with Crippen LogP contribution < -0.4 is 5.32 Å². The van der Waals surface area contributed by atoms with Gasteiger partial charge in [0.05, 0.1) is 12.1 Å². The lowest BCUT2D eigenvalue weighted by molar-refractivity contribution is -0.138. The third-order valence-electron chi connectivity index (χ3n) is 2.65. The maximum absolute atomic E-state index is 12.7. The zero-order valence-electron chi connectivity index (χ0n) is 10.4. The Hall–Kier alpha value is -2.05. The van der Waals surface area contributed by atoms with Crippen molar-refractivity contribution in [2.45, 2.75) is 26.6 Å². The smallest absolute Gasteiger partial charge is 0.377 e. The first-order valence-electron chi connectivity index (χ1n) is 5.58. The van der Waals surface area contributed by atoms with Crippen molar-refractivity contribution in [3.63, 3.8) is 0 Å². The molecule has 0 aliphatic rings. The van der Waals surface area contributed by atoms with Crippen molar-refractivity contribution < 1.29 is 17.7 Å². The maximum Gasteiger partial charge on any atom is 0.416 e. The molecule has 0 saturated heterocycles. The predicted octanol–water partition coefficient (Wildman–Crippen LogP) is 3.32. The molecular formula is C12H12F3N3O. The number of hydrogen-bond acceptors (Lipinski definition) is 4. The first kappa shape index (κ1) is 13.4. The topological polar surface area (TPSA) is 51.0 Å². The summed E-state index contributed by atoms with van der Waals surface area (Å²) < 4.78 is 43.0. The fourth-order valence-electron chi connectivity index (χ4n) is 1.72. The average molecular weight is 271 g/mol. The number of anilines is 1. The monoisotopic (exact) mass is 271 g/mol. The SMILES string of the molecule is Cc1nc(CNc2cccc(C(F)(F)F)c2C)no1. The van der Waals surface area contributed by atoms with E-state index in [1.54, 1.807) is 13.0 Å². The van der Waals surface area contributed by atoms with Crippen molar-refractivity contribution in [2.24, 2.45) is 0 Å². The molecule has 0 fully saturated rings. The van der Waals surface area contributed by atoms with Gasteiger partial charge in [0, 0.05) is 12.6 Å². The number of nitrogens with one attached hydrogen (secondary N) is 1. The van der Waals surface area contributed by atoms with Crippen LogP contribution in [-0.2, 0) is 12.7 Å². The van der Waals surface area contributed by atoms with Crippen molar-refractivity contribution in [2.75, 3.05) is 5.32 Å². The summed E-state index contributed by atoms with van der Waals surface area (Å²) in [6.07, 6.45) is -4.36. The van der Waals surface area contributed by atoms with Gasteiger partial charge in [0.1, 0.15) is 0 Å². The van der Waals surface area contributed by atoms with Gasteiger partial charge in [-0.15, -0.1) is 0 Å². The number of alkyl halides is 3. The van der Waals surface area contributed by atoms with E-state index in [2.05, 4.69) is 15.5 Å². The van der Waals surface area contributed by atoms with Crippen LogP contribution in [0, 0.1) is 13.8 Å². The molecule has 0 saturated carbocycles. The fourth-order valence-corrected chi connectivity index (χ4v) is 1.72. The van der Waals surface area contributed by atoms with E-state index in [0.29, 0.717) is 17.4 Å². The second kappa shape index (κ2) is 4.91. The largest absolute Gasteiger partial charge is 0.416 e. The normalized spacial score (nSPS) is 11.6. The Morgan fingerprint density at radius 3 is 2.58 bits per heavy atom. The lowest BCUT2D eigenvalue weighted by atomic mass is 10.1. The molecule has 0 aliphatic heterocycles. The second-order valence-electron chi connectivity index (χ2n) is 4.06. The zero-order valence-corrected chi connectivity index (χ0v) is 10.4. The molecule has 2 aromatic rings. The number of aryl methyl sites for hydroxylation is 1. The van der Waals surface area contributed by atoms with E-state index in [1.807, 2.05) is 0 Å². The van der Waals surface area contributed by atoms with Crippen molar-refractivity contribution in [1.29, 1.82) is 0 Å². The van der Waals surface area contributed by atoms with E-state index in [9.17, 15) is 13.2 Å². The Morgan fingerprint density at radius 2 is 2.00 bits per heavy atom. The highest BCUT2D eigenvalue weighted by Gasteiger charge is 2.32. The third-order valence-corrected chi connectivity index (χ3v) is 2.65. The highest BCUT2D eigenvalue weighted by Crippen LogP contribution is 2.34. The van der Waals surface area contributed by atoms with E-state index in [1.165, 1.54) is 13.0 Å². The summed E-state index contributed by atoms with van der Waals surface area (Å²) in [6.45, 7) is 3.28. The predicted molar refractivity (Wildman–Crippen MR) is 62.5 cm³/mol. The van der Waals surface area contributed by atoms with Crippen molar-refractivity contribution >= 4 is 5.69 Å². The summed E-state index contributed by atoms with van der Waals surface area (Å²) in [4.78, 5) is 3.96. The standard InChI is InChI=1S/C12H12F3N3O/c1-7-9(12(13,14)15)4-3-5-10(7)16-6-11-17-8(2)19-18-11/h3-5,16H,6H2,1-2H3. The highest BCUT2D eigenvalue weighted by molar-refractivity contribution is 5.54. The molecule has 0 radical (unpaired) electrons. The number of aromatic nitrogens is 2. The van der Waals surface area contributed by atoms with Crippen LogP contribution in [0.2, 0.25) is 0 Å². The quantitative estimate of drug-likeness (QED) is 0.930. The van der Waals surface area contributed by atoms with Gasteiger partial charge < -0.3 is 9.84 Å². The molecule has 2 rings (SSSR count). The highest BCUT2D eigenvalue weighted by atomic mass is 19.4. The Kier molecular flexibility index (Phi) is 3.46. The van der Waals surface area contributed by atoms with Gasteiger partial charge >= 0.3 is 6.18 Å². The molecule has 102 valence electrons. The van der Waals surface area contributed by atoms with Gasteiger partial charge in [-0.2, -0.15) is 18.2 Å². The summed E-state index contributed by atoms with van der Waals surface area (Å²) in [5.74, 6) is 0.812. The van der Waals surface area contributed by atoms with Gasteiger partial charge in [-0.25, -0.2) is 0 Å². The van der Waals surface area contributed by atoms with Crippen LogP contribution >= 0.6 is 0 Å². The molecule has 0 amide bonds. The lowest BCUT2D eigenvalue weighted by Gasteiger charge is -2.14. The van der Waals surface area contributed by atoms with Gasteiger partial charge in [0.25, 0.3) is 0 Å². The summed E-state index contributed by atoms with van der Waals surface area (Å²) in [5.41, 5.74) is -0.103. The molecule has 19 heavy (non-hydrogen) atoms. The van der Waals surface area contributed by atoms with E-state index in [0.717, 1.165) is 6.07 Å². The summed E-state index contributed by atoms with van der Waals surface area (Å²) >= 11 is 0. The molecule has 0 unspecified atom stereocenters. The van der Waals surface area contributed by atoms with Gasteiger partial charge in [0.15, 0.2) is 5.82 Å². The van der Waals surface area contributed by atoms with Crippen LogP contribution in [0.3, 0.4) is 0 Å². The number of nitrogens with zero attached hydrogens (tertiary/aromatic N) is 2. The van der Waals surface area contributed by atoms with Crippen molar-refractivity contribution in [1.82, 2.24) is 10.1 Å². The molecule has 1 aromatic carbocycles. The molecule has 0 bridgehead atoms. The van der Waals surface area contributed by atoms with Crippen LogP contribution in [0.1, 0.15) is 22.8 Å². The summed E-state index contributed by atoms with van der Waals surface area (Å²) in [5, 5.41) is 6.53. The minimum Gasteiger partial charge on any atom is -0.377 e. The van der Waals surface area contributed by atoms with Crippen LogP contribution in [0.4, 0.5) is 18.9 Å². The number of benzene rings is 1. The molecule has 7 heteroatoms. The minimum atomic E-state index is -4.36. The minimum absolute atomic E-state index is 0.148. The van der Waals surface area contributed by atoms with E-state index in [4.69, 9.17) is 4.52 Å². The Labute approximate surface area is 107 Å². The lowest BCUT2D eigenvalue weighted by Crippen LogP contribution is -2.10. The number of hydrogen-bond donors (Lipinski definition) is 1. The maximum atomic E-state index is 12.7. The molecule has 1 aromatic heterocycles. The van der Waals surface area contributed by atoms with E-state index >= 15 is 0 Å². The molecular weight excluding hydrogens is 259 g/mol. The molecule has 1 N–H and O–H groups in total. The zero-order chi connectivity index (χ0) is 14.0. The molecule has 0 spiro atoms. The molecule has 4 nitrogen and oxygen atoms in total. The van der Waals surface area contributed by atoms with Crippen LogP contribution in [0.15, 0.2) is 22.7 Å². The van der Waals surface area contributed by atoms with Gasteiger partial charge in [0.2, 0.25) is 5.89 Å². The van der Waals surface area contributed by atoms with Crippen molar-refractivity contribution in [3.05, 3.63) is 41.0 Å². The van der Waals surface area contributed by atoms with Crippen LogP contribution in [-0.4, -0.2) is 10.1 Å². The Balaban J connectivity index is 2.17. The first-order valence-corrected chi connectivity index (χ1v) is 5.58. The van der Waals surface area contributed by atoms with Crippen LogP contribution in [0.25, 0.3) is 0 Å². The fraction of sp³-hybridized carbons (Fsp3) is 0.333. The third kappa shape index (κ3) is 3.04. The van der Waals surface area contributed by atoms with Crippen LogP contribution in [0.5, 0.6) is 0 Å². The number of rotatable bonds is 3. The van der Waals surface area contributed by atoms with E-state index < -0.39 is 11.7 Å². The first-order chi connectivity index (χ1) is 8.88. The van der Waals surface area contributed by atoms with Gasteiger partial charge in [-0.1, -0.05) is 11.2 Å². The van der Waals surface area contributed by atoms with Gasteiger partial charge in [-0.05, 0) is 24.6 Å². The van der Waals surface area contributed by atoms with E-state index in [-0.39, 0.29) is 12.1 Å². The molecule has 0 aliphatic carbocycles. The second-order valence-corrected chi connectivity index (χ2v) is 4.06. The summed E-state index contributed by atoms with van der Waals surface area (Å²) in [7, 11) is 0. The van der Waals surface area contributed by atoms with Gasteiger partial charge in [-0.3, -0.25) is 0 Å². The number of halogens is 3. The summed E-state index contributed by atoms with van der Waals surface area (Å²) in [6, 6.07) is 4.00. The molecule has 1 heterocycles. The Bertz CT molecular complexity index is 578.